The number of aliphatic hydroxyl groups excluding tert-OH is 3. The number of methoxy groups -OCH3 is 1. The second-order valence-corrected chi connectivity index (χ2v) is 4.18. The van der Waals surface area contributed by atoms with Gasteiger partial charge in [0.25, 0.3) is 0 Å². The van der Waals surface area contributed by atoms with Crippen LogP contribution in [0.5, 0.6) is 5.75 Å². The Labute approximate surface area is 105 Å². The fraction of sp³-hybridized carbons (Fsp3) is 0.500. The summed E-state index contributed by atoms with van der Waals surface area (Å²) in [5.41, 5.74) is 0.725. The first-order chi connectivity index (χ1) is 8.61. The SMILES string of the molecule is COc1ccc(N[C@@H]2OC[C@H](O)[C@H](O)[C@H]2O)cc1. The highest BCUT2D eigenvalue weighted by atomic mass is 16.5. The van der Waals surface area contributed by atoms with Crippen LogP contribution in [0.2, 0.25) is 0 Å². The molecule has 0 spiro atoms. The minimum Gasteiger partial charge on any atom is -0.497 e. The number of rotatable bonds is 3. The largest absolute Gasteiger partial charge is 0.497 e. The van der Waals surface area contributed by atoms with E-state index in [9.17, 15) is 15.3 Å². The van der Waals surface area contributed by atoms with Crippen LogP contribution in [-0.4, -0.2) is 53.6 Å². The molecule has 0 saturated carbocycles. The van der Waals surface area contributed by atoms with Crippen molar-refractivity contribution in [3.05, 3.63) is 24.3 Å². The van der Waals surface area contributed by atoms with E-state index in [0.29, 0.717) is 0 Å². The minimum absolute atomic E-state index is 0.0218. The highest BCUT2D eigenvalue weighted by Gasteiger charge is 2.37. The fourth-order valence-corrected chi connectivity index (χ4v) is 1.78. The zero-order chi connectivity index (χ0) is 13.1. The van der Waals surface area contributed by atoms with Crippen molar-refractivity contribution in [1.29, 1.82) is 0 Å². The van der Waals surface area contributed by atoms with Crippen molar-refractivity contribution in [2.75, 3.05) is 19.0 Å². The first-order valence-corrected chi connectivity index (χ1v) is 5.68. The molecule has 0 aliphatic carbocycles. The van der Waals surface area contributed by atoms with Crippen LogP contribution in [0.1, 0.15) is 0 Å². The van der Waals surface area contributed by atoms with Crippen molar-refractivity contribution in [2.24, 2.45) is 0 Å². The van der Waals surface area contributed by atoms with Crippen LogP contribution in [0, 0.1) is 0 Å². The second kappa shape index (κ2) is 5.53. The Hall–Kier alpha value is -1.34. The van der Waals surface area contributed by atoms with E-state index in [1.54, 1.807) is 31.4 Å². The van der Waals surface area contributed by atoms with E-state index in [1.807, 2.05) is 0 Å². The molecule has 2 rings (SSSR count). The molecule has 0 amide bonds. The molecular weight excluding hydrogens is 238 g/mol. The molecule has 1 heterocycles. The van der Waals surface area contributed by atoms with Gasteiger partial charge in [-0.25, -0.2) is 0 Å². The van der Waals surface area contributed by atoms with E-state index < -0.39 is 24.5 Å². The normalized spacial score (nSPS) is 32.0. The van der Waals surface area contributed by atoms with Crippen molar-refractivity contribution in [3.8, 4) is 5.75 Å². The number of hydrogen-bond acceptors (Lipinski definition) is 6. The van der Waals surface area contributed by atoms with Gasteiger partial charge >= 0.3 is 0 Å². The Morgan fingerprint density at radius 3 is 2.44 bits per heavy atom. The second-order valence-electron chi connectivity index (χ2n) is 4.18. The summed E-state index contributed by atoms with van der Waals surface area (Å²) in [4.78, 5) is 0. The van der Waals surface area contributed by atoms with Crippen LogP contribution in [0.4, 0.5) is 5.69 Å². The summed E-state index contributed by atoms with van der Waals surface area (Å²) >= 11 is 0. The molecule has 4 atom stereocenters. The van der Waals surface area contributed by atoms with Gasteiger partial charge in [-0.3, -0.25) is 0 Å². The molecule has 0 aromatic heterocycles. The van der Waals surface area contributed by atoms with Gasteiger partial charge in [0.15, 0.2) is 6.23 Å². The Morgan fingerprint density at radius 2 is 1.83 bits per heavy atom. The van der Waals surface area contributed by atoms with E-state index in [2.05, 4.69) is 5.32 Å². The molecule has 1 aromatic rings. The van der Waals surface area contributed by atoms with Crippen molar-refractivity contribution < 1.29 is 24.8 Å². The van der Waals surface area contributed by atoms with Gasteiger partial charge < -0.3 is 30.1 Å². The third-order valence-corrected chi connectivity index (χ3v) is 2.90. The number of ether oxygens (including phenoxy) is 2. The van der Waals surface area contributed by atoms with Gasteiger partial charge in [-0.2, -0.15) is 0 Å². The Bertz CT molecular complexity index is 383. The molecule has 1 saturated heterocycles. The predicted molar refractivity (Wildman–Crippen MR) is 64.4 cm³/mol. The number of anilines is 1. The molecule has 100 valence electrons. The highest BCUT2D eigenvalue weighted by molar-refractivity contribution is 5.47. The molecule has 6 heteroatoms. The van der Waals surface area contributed by atoms with E-state index >= 15 is 0 Å². The summed E-state index contributed by atoms with van der Waals surface area (Å²) in [6.45, 7) is -0.0218. The van der Waals surface area contributed by atoms with Crippen LogP contribution < -0.4 is 10.1 Å². The number of benzene rings is 1. The summed E-state index contributed by atoms with van der Waals surface area (Å²) in [5.74, 6) is 0.723. The van der Waals surface area contributed by atoms with Gasteiger partial charge in [-0.15, -0.1) is 0 Å². The van der Waals surface area contributed by atoms with Crippen LogP contribution in [-0.2, 0) is 4.74 Å². The average Bonchev–Trinajstić information content (AvgIpc) is 2.40. The maximum atomic E-state index is 9.75. The molecule has 1 fully saturated rings. The van der Waals surface area contributed by atoms with Crippen LogP contribution >= 0.6 is 0 Å². The van der Waals surface area contributed by atoms with E-state index in [4.69, 9.17) is 9.47 Å². The van der Waals surface area contributed by atoms with Crippen LogP contribution in [0.3, 0.4) is 0 Å². The van der Waals surface area contributed by atoms with Gasteiger partial charge in [-0.1, -0.05) is 0 Å². The molecule has 0 bridgehead atoms. The summed E-state index contributed by atoms with van der Waals surface area (Å²) in [6.07, 6.45) is -4.21. The fourth-order valence-electron chi connectivity index (χ4n) is 1.78. The molecule has 1 aromatic carbocycles. The Balaban J connectivity index is 2.00. The van der Waals surface area contributed by atoms with Crippen LogP contribution in [0.15, 0.2) is 24.3 Å². The van der Waals surface area contributed by atoms with E-state index in [0.717, 1.165) is 11.4 Å². The highest BCUT2D eigenvalue weighted by Crippen LogP contribution is 2.20. The number of hydrogen-bond donors (Lipinski definition) is 4. The minimum atomic E-state index is -1.21. The van der Waals surface area contributed by atoms with E-state index in [1.165, 1.54) is 0 Å². The average molecular weight is 255 g/mol. The summed E-state index contributed by atoms with van der Waals surface area (Å²) in [7, 11) is 1.58. The van der Waals surface area contributed by atoms with E-state index in [-0.39, 0.29) is 6.61 Å². The molecule has 0 radical (unpaired) electrons. The number of nitrogens with one attached hydrogen (secondary N) is 1. The summed E-state index contributed by atoms with van der Waals surface area (Å²) in [6, 6.07) is 7.07. The Kier molecular flexibility index (Phi) is 4.03. The van der Waals surface area contributed by atoms with Gasteiger partial charge in [0.1, 0.15) is 24.1 Å². The Morgan fingerprint density at radius 1 is 1.17 bits per heavy atom. The monoisotopic (exact) mass is 255 g/mol. The zero-order valence-electron chi connectivity index (χ0n) is 9.98. The van der Waals surface area contributed by atoms with Gasteiger partial charge in [0.05, 0.1) is 13.7 Å². The predicted octanol–water partition coefficient (Wildman–Crippen LogP) is -0.454. The third kappa shape index (κ3) is 2.73. The zero-order valence-corrected chi connectivity index (χ0v) is 9.98. The topological polar surface area (TPSA) is 91.2 Å². The van der Waals surface area contributed by atoms with Crippen molar-refractivity contribution in [1.82, 2.24) is 0 Å². The molecular formula is C12H17NO5. The van der Waals surface area contributed by atoms with Gasteiger partial charge in [0.2, 0.25) is 0 Å². The van der Waals surface area contributed by atoms with Crippen molar-refractivity contribution >= 4 is 5.69 Å². The summed E-state index contributed by atoms with van der Waals surface area (Å²) < 4.78 is 10.3. The van der Waals surface area contributed by atoms with Gasteiger partial charge in [0, 0.05) is 5.69 Å². The maximum absolute atomic E-state index is 9.75. The molecule has 18 heavy (non-hydrogen) atoms. The van der Waals surface area contributed by atoms with Crippen LogP contribution in [0.25, 0.3) is 0 Å². The molecule has 4 N–H and O–H groups in total. The first kappa shape index (κ1) is 13.1. The lowest BCUT2D eigenvalue weighted by molar-refractivity contribution is -0.178. The maximum Gasteiger partial charge on any atom is 0.156 e. The number of aliphatic hydroxyl groups is 3. The molecule has 0 unspecified atom stereocenters. The molecule has 6 nitrogen and oxygen atoms in total. The molecule has 1 aliphatic heterocycles. The lowest BCUT2D eigenvalue weighted by Crippen LogP contribution is -2.55. The standard InChI is InChI=1S/C12H17NO5/c1-17-8-4-2-7(3-5-8)13-12-11(16)10(15)9(14)6-18-12/h2-5,9-16H,6H2,1H3/t9-,10-,11+,12+/m0/s1. The van der Waals surface area contributed by atoms with Crippen molar-refractivity contribution in [2.45, 2.75) is 24.5 Å². The molecule has 1 aliphatic rings. The summed E-state index contributed by atoms with van der Waals surface area (Å²) in [5, 5.41) is 31.5. The lowest BCUT2D eigenvalue weighted by atomic mass is 10.0. The lowest BCUT2D eigenvalue weighted by Gasteiger charge is -2.35. The third-order valence-electron chi connectivity index (χ3n) is 2.90. The first-order valence-electron chi connectivity index (χ1n) is 5.68. The van der Waals surface area contributed by atoms with Gasteiger partial charge in [-0.05, 0) is 24.3 Å². The van der Waals surface area contributed by atoms with Crippen molar-refractivity contribution in [3.63, 3.8) is 0 Å². The quantitative estimate of drug-likeness (QED) is 0.584. The smallest absolute Gasteiger partial charge is 0.156 e.